The highest BCUT2D eigenvalue weighted by Gasteiger charge is 2.49. The Morgan fingerprint density at radius 3 is 2.89 bits per heavy atom. The van der Waals surface area contributed by atoms with E-state index >= 15 is 0 Å². The van der Waals surface area contributed by atoms with Crippen molar-refractivity contribution >= 4 is 17.7 Å². The Morgan fingerprint density at radius 1 is 1.32 bits per heavy atom. The van der Waals surface area contributed by atoms with Gasteiger partial charge in [-0.25, -0.2) is 0 Å². The highest BCUT2D eigenvalue weighted by Crippen LogP contribution is 2.41. The van der Waals surface area contributed by atoms with Crippen LogP contribution in [0.5, 0.6) is 0 Å². The lowest BCUT2D eigenvalue weighted by atomic mass is 9.72. The van der Waals surface area contributed by atoms with Crippen molar-refractivity contribution in [1.29, 1.82) is 0 Å². The fourth-order valence-corrected chi connectivity index (χ4v) is 5.31. The van der Waals surface area contributed by atoms with Gasteiger partial charge in [0, 0.05) is 51.6 Å². The Bertz CT molecular complexity index is 734. The summed E-state index contributed by atoms with van der Waals surface area (Å²) in [5, 5.41) is 9.63. The zero-order valence-electron chi connectivity index (χ0n) is 16.4. The average molecular weight is 387 g/mol. The number of aromatic amines is 1. The number of piperidine rings is 3. The van der Waals surface area contributed by atoms with E-state index < -0.39 is 0 Å². The molecular formula is C20H29N5O3. The standard InChI is InChI=1S/C20H29N5O3/c1-13(26)21-10-18-16-7-15(17-3-2-4-20(28)25(17)18)11-24(12-16)19(27)6-5-14-8-22-23-9-14/h8-9,15-18H,2-7,10-12H2,1H3,(H,21,26)(H,22,23)/t15-,16+,17+,18+/m1/s1. The highest BCUT2D eigenvalue weighted by atomic mass is 16.2. The van der Waals surface area contributed by atoms with Crippen molar-refractivity contribution in [2.24, 2.45) is 11.8 Å². The third-order valence-electron chi connectivity index (χ3n) is 6.59. The van der Waals surface area contributed by atoms with Gasteiger partial charge in [0.15, 0.2) is 0 Å². The maximum atomic E-state index is 12.9. The van der Waals surface area contributed by atoms with Crippen molar-refractivity contribution in [2.45, 2.75) is 57.5 Å². The van der Waals surface area contributed by atoms with Crippen molar-refractivity contribution < 1.29 is 14.4 Å². The van der Waals surface area contributed by atoms with Crippen LogP contribution in [0.4, 0.5) is 0 Å². The molecule has 8 nitrogen and oxygen atoms in total. The highest BCUT2D eigenvalue weighted by molar-refractivity contribution is 5.79. The van der Waals surface area contributed by atoms with Crippen LogP contribution in [-0.2, 0) is 20.8 Å². The number of hydrogen-bond acceptors (Lipinski definition) is 4. The van der Waals surface area contributed by atoms with Crippen LogP contribution in [0.2, 0.25) is 0 Å². The number of hydrogen-bond donors (Lipinski definition) is 2. The van der Waals surface area contributed by atoms with E-state index in [1.165, 1.54) is 6.92 Å². The van der Waals surface area contributed by atoms with Gasteiger partial charge < -0.3 is 15.1 Å². The Kier molecular flexibility index (Phi) is 5.37. The summed E-state index contributed by atoms with van der Waals surface area (Å²) in [6, 6.07) is 0.183. The summed E-state index contributed by atoms with van der Waals surface area (Å²) in [6.07, 6.45) is 8.29. The molecule has 0 spiro atoms. The molecule has 152 valence electrons. The van der Waals surface area contributed by atoms with Gasteiger partial charge in [0.25, 0.3) is 0 Å². The van der Waals surface area contributed by atoms with Gasteiger partial charge >= 0.3 is 0 Å². The van der Waals surface area contributed by atoms with Gasteiger partial charge in [-0.3, -0.25) is 19.5 Å². The van der Waals surface area contributed by atoms with Gasteiger partial charge in [-0.1, -0.05) is 0 Å². The topological polar surface area (TPSA) is 98.4 Å². The van der Waals surface area contributed by atoms with Crippen molar-refractivity contribution in [3.05, 3.63) is 18.0 Å². The maximum absolute atomic E-state index is 12.9. The number of amides is 3. The summed E-state index contributed by atoms with van der Waals surface area (Å²) < 4.78 is 0. The molecule has 4 rings (SSSR count). The van der Waals surface area contributed by atoms with E-state index in [4.69, 9.17) is 0 Å². The number of fused-ring (bicyclic) bond motifs is 4. The normalized spacial score (nSPS) is 29.4. The summed E-state index contributed by atoms with van der Waals surface area (Å²) in [5.41, 5.74) is 1.04. The summed E-state index contributed by atoms with van der Waals surface area (Å²) in [6.45, 7) is 3.39. The molecule has 4 heterocycles. The van der Waals surface area contributed by atoms with Gasteiger partial charge in [0.1, 0.15) is 0 Å². The maximum Gasteiger partial charge on any atom is 0.223 e. The molecule has 0 aliphatic carbocycles. The molecule has 3 aliphatic rings. The number of aromatic nitrogens is 2. The molecule has 2 bridgehead atoms. The molecule has 3 saturated heterocycles. The van der Waals surface area contributed by atoms with Crippen LogP contribution in [0.3, 0.4) is 0 Å². The lowest BCUT2D eigenvalue weighted by molar-refractivity contribution is -0.156. The monoisotopic (exact) mass is 387 g/mol. The van der Waals surface area contributed by atoms with Crippen LogP contribution >= 0.6 is 0 Å². The SMILES string of the molecule is CC(=O)NC[C@H]1[C@H]2C[C@H](CN(C(=O)CCc3cn[nH]c3)C2)[C@@H]2CCCC(=O)N21. The molecule has 4 atom stereocenters. The zero-order chi connectivity index (χ0) is 19.7. The summed E-state index contributed by atoms with van der Waals surface area (Å²) in [5.74, 6) is 0.869. The number of carbonyl (C=O) groups excluding carboxylic acids is 3. The van der Waals surface area contributed by atoms with Crippen LogP contribution in [0.25, 0.3) is 0 Å². The number of aryl methyl sites for hydroxylation is 1. The Morgan fingerprint density at radius 2 is 2.14 bits per heavy atom. The van der Waals surface area contributed by atoms with E-state index in [1.807, 2.05) is 11.1 Å². The molecule has 1 aromatic heterocycles. The van der Waals surface area contributed by atoms with E-state index in [0.717, 1.165) is 31.4 Å². The van der Waals surface area contributed by atoms with E-state index in [0.29, 0.717) is 38.3 Å². The molecule has 3 aliphatic heterocycles. The van der Waals surface area contributed by atoms with E-state index in [2.05, 4.69) is 20.4 Å². The lowest BCUT2D eigenvalue weighted by Crippen LogP contribution is -2.67. The number of H-pyrrole nitrogens is 1. The molecule has 0 unspecified atom stereocenters. The van der Waals surface area contributed by atoms with Crippen molar-refractivity contribution in [3.8, 4) is 0 Å². The number of nitrogens with one attached hydrogen (secondary N) is 2. The van der Waals surface area contributed by atoms with Gasteiger partial charge in [-0.05, 0) is 43.1 Å². The minimum atomic E-state index is -0.0769. The van der Waals surface area contributed by atoms with Gasteiger partial charge in [0.05, 0.1) is 12.2 Å². The van der Waals surface area contributed by atoms with Crippen LogP contribution in [0.15, 0.2) is 12.4 Å². The van der Waals surface area contributed by atoms with Gasteiger partial charge in [0.2, 0.25) is 17.7 Å². The molecule has 0 saturated carbocycles. The molecule has 2 N–H and O–H groups in total. The fourth-order valence-electron chi connectivity index (χ4n) is 5.31. The van der Waals surface area contributed by atoms with Crippen molar-refractivity contribution in [1.82, 2.24) is 25.3 Å². The van der Waals surface area contributed by atoms with Crippen molar-refractivity contribution in [2.75, 3.05) is 19.6 Å². The molecule has 0 aromatic carbocycles. The lowest BCUT2D eigenvalue weighted by Gasteiger charge is -2.56. The molecule has 0 radical (unpaired) electrons. The molecule has 3 fully saturated rings. The molecule has 1 aromatic rings. The van der Waals surface area contributed by atoms with Crippen molar-refractivity contribution in [3.63, 3.8) is 0 Å². The number of rotatable bonds is 5. The Labute approximate surface area is 165 Å². The number of likely N-dealkylation sites (tertiary alicyclic amines) is 1. The van der Waals surface area contributed by atoms with Crippen LogP contribution in [-0.4, -0.2) is 69.4 Å². The first-order chi connectivity index (χ1) is 13.5. The predicted octanol–water partition coefficient (Wildman–Crippen LogP) is 0.706. The number of carbonyl (C=O) groups is 3. The Hall–Kier alpha value is -2.38. The van der Waals surface area contributed by atoms with Crippen LogP contribution < -0.4 is 5.32 Å². The van der Waals surface area contributed by atoms with E-state index in [-0.39, 0.29) is 35.7 Å². The first-order valence-corrected chi connectivity index (χ1v) is 10.3. The predicted molar refractivity (Wildman–Crippen MR) is 102 cm³/mol. The Balaban J connectivity index is 1.47. The molecule has 28 heavy (non-hydrogen) atoms. The quantitative estimate of drug-likeness (QED) is 0.777. The summed E-state index contributed by atoms with van der Waals surface area (Å²) in [4.78, 5) is 41.1. The largest absolute Gasteiger partial charge is 0.354 e. The first kappa shape index (κ1) is 19.0. The number of nitrogens with zero attached hydrogens (tertiary/aromatic N) is 3. The van der Waals surface area contributed by atoms with Crippen LogP contribution in [0.1, 0.15) is 44.6 Å². The molecular weight excluding hydrogens is 358 g/mol. The van der Waals surface area contributed by atoms with Gasteiger partial charge in [-0.2, -0.15) is 5.10 Å². The average Bonchev–Trinajstić information content (AvgIpc) is 3.20. The zero-order valence-corrected chi connectivity index (χ0v) is 16.4. The second-order valence-corrected chi connectivity index (χ2v) is 8.43. The second kappa shape index (κ2) is 7.93. The minimum Gasteiger partial charge on any atom is -0.354 e. The van der Waals surface area contributed by atoms with Gasteiger partial charge in [-0.15, -0.1) is 0 Å². The van der Waals surface area contributed by atoms with Crippen LogP contribution in [0, 0.1) is 11.8 Å². The second-order valence-electron chi connectivity index (χ2n) is 8.43. The molecule has 8 heteroatoms. The third kappa shape index (κ3) is 3.77. The van der Waals surface area contributed by atoms with E-state index in [9.17, 15) is 14.4 Å². The fraction of sp³-hybridized carbons (Fsp3) is 0.700. The van der Waals surface area contributed by atoms with E-state index in [1.54, 1.807) is 6.20 Å². The molecule has 3 amide bonds. The summed E-state index contributed by atoms with van der Waals surface area (Å²) in [7, 11) is 0. The minimum absolute atomic E-state index is 0.0116. The smallest absolute Gasteiger partial charge is 0.223 e. The summed E-state index contributed by atoms with van der Waals surface area (Å²) >= 11 is 0. The third-order valence-corrected chi connectivity index (χ3v) is 6.59. The first-order valence-electron chi connectivity index (χ1n) is 10.3.